The lowest BCUT2D eigenvalue weighted by molar-refractivity contribution is 0.00578. The molecule has 184 valence electrons. The van der Waals surface area contributed by atoms with Gasteiger partial charge in [-0.15, -0.1) is 0 Å². The van der Waals surface area contributed by atoms with Gasteiger partial charge in [-0.25, -0.2) is 0 Å². The minimum Gasteiger partial charge on any atom is -0.399 e. The molecule has 0 saturated carbocycles. The molecule has 1 fully saturated rings. The molecule has 0 radical (unpaired) electrons. The van der Waals surface area contributed by atoms with Crippen molar-refractivity contribution in [1.82, 2.24) is 0 Å². The molecule has 0 amide bonds. The third-order valence-corrected chi connectivity index (χ3v) is 8.54. The monoisotopic (exact) mass is 492 g/mol. The maximum Gasteiger partial charge on any atom is 0.494 e. The van der Waals surface area contributed by atoms with Crippen LogP contribution in [0.3, 0.4) is 0 Å². The van der Waals surface area contributed by atoms with E-state index in [1.807, 2.05) is 113 Å². The highest BCUT2D eigenvalue weighted by Gasteiger charge is 2.51. The maximum absolute atomic E-state index is 13.7. The van der Waals surface area contributed by atoms with Gasteiger partial charge in [0, 0.05) is 0 Å². The molecule has 3 aromatic rings. The number of rotatable bonds is 10. The van der Waals surface area contributed by atoms with Gasteiger partial charge in [0.25, 0.3) is 0 Å². The van der Waals surface area contributed by atoms with Crippen molar-refractivity contribution in [2.24, 2.45) is 0 Å². The zero-order valence-corrected chi connectivity index (χ0v) is 21.9. The molecule has 1 aliphatic rings. The summed E-state index contributed by atoms with van der Waals surface area (Å²) in [5.41, 5.74) is 3.18. The number of hydrogen-bond acceptors (Lipinski definition) is 5. The molecule has 0 spiro atoms. The molecule has 1 saturated heterocycles. The van der Waals surface area contributed by atoms with Crippen molar-refractivity contribution in [2.75, 3.05) is 6.16 Å². The van der Waals surface area contributed by atoms with Crippen molar-refractivity contribution in [3.05, 3.63) is 102 Å². The summed E-state index contributed by atoms with van der Waals surface area (Å²) in [5.74, 6) is 0. The summed E-state index contributed by atoms with van der Waals surface area (Å²) in [5, 5.41) is 0. The molecule has 5 nitrogen and oxygen atoms in total. The Labute approximate surface area is 209 Å². The highest BCUT2D eigenvalue weighted by Crippen LogP contribution is 2.50. The summed E-state index contributed by atoms with van der Waals surface area (Å²) in [4.78, 5) is 0. The van der Waals surface area contributed by atoms with Crippen LogP contribution < -0.4 is 5.46 Å². The maximum atomic E-state index is 13.7. The molecule has 1 heterocycles. The fourth-order valence-electron chi connectivity index (χ4n) is 3.75. The SMILES string of the molecule is CC1(C)OB(c2ccc(CCP(=O)(OCc3ccccc3)OCc3ccccc3)cc2)OC1(C)C. The van der Waals surface area contributed by atoms with E-state index in [2.05, 4.69) is 0 Å². The highest BCUT2D eigenvalue weighted by molar-refractivity contribution is 7.53. The van der Waals surface area contributed by atoms with Crippen LogP contribution >= 0.6 is 7.60 Å². The largest absolute Gasteiger partial charge is 0.494 e. The molecule has 0 N–H and O–H groups in total. The van der Waals surface area contributed by atoms with E-state index in [0.29, 0.717) is 12.6 Å². The highest BCUT2D eigenvalue weighted by atomic mass is 31.2. The lowest BCUT2D eigenvalue weighted by Crippen LogP contribution is -2.41. The van der Waals surface area contributed by atoms with E-state index < -0.39 is 14.7 Å². The first-order chi connectivity index (χ1) is 16.7. The van der Waals surface area contributed by atoms with E-state index in [4.69, 9.17) is 18.4 Å². The molecule has 1 aliphatic heterocycles. The summed E-state index contributed by atoms with van der Waals surface area (Å²) in [7, 11) is -3.73. The van der Waals surface area contributed by atoms with Gasteiger partial charge >= 0.3 is 14.7 Å². The van der Waals surface area contributed by atoms with Crippen molar-refractivity contribution in [3.63, 3.8) is 0 Å². The van der Waals surface area contributed by atoms with Crippen molar-refractivity contribution < 1.29 is 22.9 Å². The first-order valence-corrected chi connectivity index (χ1v) is 13.8. The van der Waals surface area contributed by atoms with E-state index in [9.17, 15) is 4.57 Å². The molecule has 0 aromatic heterocycles. The normalized spacial score (nSPS) is 17.0. The first-order valence-electron chi connectivity index (χ1n) is 12.1. The molecule has 7 heteroatoms. The van der Waals surface area contributed by atoms with Gasteiger partial charge in [0.1, 0.15) is 0 Å². The summed E-state index contributed by atoms with van der Waals surface area (Å²) in [6.07, 6.45) is 0.868. The third kappa shape index (κ3) is 6.72. The summed E-state index contributed by atoms with van der Waals surface area (Å²) in [6.45, 7) is 8.67. The van der Waals surface area contributed by atoms with Gasteiger partial charge in [-0.3, -0.25) is 4.57 Å². The van der Waals surface area contributed by atoms with Crippen LogP contribution in [0.2, 0.25) is 0 Å². The van der Waals surface area contributed by atoms with Crippen molar-refractivity contribution >= 4 is 20.2 Å². The number of aryl methyl sites for hydroxylation is 1. The van der Waals surface area contributed by atoms with Crippen LogP contribution in [0.25, 0.3) is 0 Å². The smallest absolute Gasteiger partial charge is 0.399 e. The van der Waals surface area contributed by atoms with Crippen molar-refractivity contribution in [1.29, 1.82) is 0 Å². The van der Waals surface area contributed by atoms with Crippen LogP contribution in [0.15, 0.2) is 84.9 Å². The molecular weight excluding hydrogens is 458 g/mol. The van der Waals surface area contributed by atoms with Crippen LogP contribution in [0.5, 0.6) is 0 Å². The minimum atomic E-state index is -3.33. The second-order valence-corrected chi connectivity index (χ2v) is 12.1. The van der Waals surface area contributed by atoms with E-state index in [0.717, 1.165) is 22.2 Å². The van der Waals surface area contributed by atoms with Crippen LogP contribution in [0, 0.1) is 0 Å². The van der Waals surface area contributed by atoms with E-state index >= 15 is 0 Å². The van der Waals surface area contributed by atoms with Crippen LogP contribution in [-0.4, -0.2) is 24.5 Å². The van der Waals surface area contributed by atoms with Crippen molar-refractivity contribution in [3.8, 4) is 0 Å². The average Bonchev–Trinajstić information content (AvgIpc) is 3.08. The quantitative estimate of drug-likeness (QED) is 0.251. The fraction of sp³-hybridized carbons (Fsp3) is 0.357. The average molecular weight is 492 g/mol. The second-order valence-electron chi connectivity index (χ2n) is 9.93. The Bertz CT molecular complexity index is 1070. The Hall–Kier alpha value is -2.21. The molecule has 0 atom stereocenters. The summed E-state index contributed by atoms with van der Waals surface area (Å²) in [6, 6.07) is 27.6. The van der Waals surface area contributed by atoms with E-state index in [1.165, 1.54) is 0 Å². The predicted molar refractivity (Wildman–Crippen MR) is 141 cm³/mol. The molecule has 0 bridgehead atoms. The van der Waals surface area contributed by atoms with Gasteiger partial charge in [0.2, 0.25) is 0 Å². The van der Waals surface area contributed by atoms with E-state index in [1.54, 1.807) is 0 Å². The fourth-order valence-corrected chi connectivity index (χ4v) is 5.30. The Balaban J connectivity index is 1.40. The Morgan fingerprint density at radius 3 is 1.60 bits per heavy atom. The molecule has 3 aromatic carbocycles. The standard InChI is InChI=1S/C28H34BO5P/c1-27(2)28(3,4)34-29(33-27)26-17-15-23(16-18-26)19-20-35(30,31-21-24-11-7-5-8-12-24)32-22-25-13-9-6-10-14-25/h5-18H,19-22H2,1-4H3. The second kappa shape index (κ2) is 10.8. The topological polar surface area (TPSA) is 54.0 Å². The first kappa shape index (κ1) is 25.9. The molecule has 0 unspecified atom stereocenters. The van der Waals surface area contributed by atoms with Crippen LogP contribution in [0.4, 0.5) is 0 Å². The molecular formula is C28H34BO5P. The predicted octanol–water partition coefficient (Wildman–Crippen LogP) is 6.16. The Morgan fingerprint density at radius 1 is 0.686 bits per heavy atom. The number of hydrogen-bond donors (Lipinski definition) is 0. The van der Waals surface area contributed by atoms with Crippen molar-refractivity contribution in [2.45, 2.75) is 58.5 Å². The van der Waals surface area contributed by atoms with Crippen LogP contribution in [-0.2, 0) is 42.6 Å². The number of benzene rings is 3. The molecule has 0 aliphatic carbocycles. The van der Waals surface area contributed by atoms with Gasteiger partial charge in [-0.2, -0.15) is 0 Å². The lowest BCUT2D eigenvalue weighted by Gasteiger charge is -2.32. The minimum absolute atomic E-state index is 0.244. The van der Waals surface area contributed by atoms with Gasteiger partial charge < -0.3 is 18.4 Å². The Morgan fingerprint density at radius 2 is 1.14 bits per heavy atom. The zero-order valence-electron chi connectivity index (χ0n) is 21.0. The van der Waals surface area contributed by atoms with Gasteiger partial charge in [0.15, 0.2) is 0 Å². The van der Waals surface area contributed by atoms with Gasteiger partial charge in [-0.05, 0) is 56.3 Å². The molecule has 4 rings (SSSR count). The van der Waals surface area contributed by atoms with Gasteiger partial charge in [0.05, 0.1) is 30.6 Å². The van der Waals surface area contributed by atoms with Gasteiger partial charge in [-0.1, -0.05) is 84.9 Å². The lowest BCUT2D eigenvalue weighted by atomic mass is 9.79. The third-order valence-electron chi connectivity index (χ3n) is 6.72. The summed E-state index contributed by atoms with van der Waals surface area (Å²) >= 11 is 0. The zero-order chi connectivity index (χ0) is 24.9. The molecule has 35 heavy (non-hydrogen) atoms. The Kier molecular flexibility index (Phi) is 8.00. The van der Waals surface area contributed by atoms with Crippen LogP contribution in [0.1, 0.15) is 44.4 Å². The summed E-state index contributed by atoms with van der Waals surface area (Å²) < 4.78 is 37.8. The van der Waals surface area contributed by atoms with E-state index in [-0.39, 0.29) is 24.4 Å².